The molecule has 41 heavy (non-hydrogen) atoms. The third-order valence-electron chi connectivity index (χ3n) is 7.49. The predicted octanol–water partition coefficient (Wildman–Crippen LogP) is 5.76. The molecule has 0 aromatic heterocycles. The monoisotopic (exact) mass is 578 g/mol. The maximum Gasteiger partial charge on any atom is 0.258 e. The summed E-state index contributed by atoms with van der Waals surface area (Å²) in [4.78, 5) is 15.3. The van der Waals surface area contributed by atoms with E-state index in [0.717, 1.165) is 16.7 Å². The Bertz CT molecular complexity index is 1510. The van der Waals surface area contributed by atoms with Crippen molar-refractivity contribution < 1.29 is 27.4 Å². The van der Waals surface area contributed by atoms with Crippen LogP contribution in [0.4, 0.5) is 11.4 Å². The highest BCUT2D eigenvalue weighted by atomic mass is 32.2. The number of hydrogen-bond donors (Lipinski definition) is 1. The summed E-state index contributed by atoms with van der Waals surface area (Å²) in [5.41, 5.74) is 6.11. The van der Waals surface area contributed by atoms with E-state index >= 15 is 0 Å². The molecule has 1 saturated carbocycles. The van der Waals surface area contributed by atoms with E-state index in [4.69, 9.17) is 14.2 Å². The van der Waals surface area contributed by atoms with Gasteiger partial charge in [-0.1, -0.05) is 57.2 Å². The molecule has 1 N–H and O–H groups in total. The molecule has 0 unspecified atom stereocenters. The van der Waals surface area contributed by atoms with Gasteiger partial charge in [0.05, 0.1) is 24.2 Å². The first-order valence-electron chi connectivity index (χ1n) is 14.0. The highest BCUT2D eigenvalue weighted by molar-refractivity contribution is 7.93. The quantitative estimate of drug-likeness (QED) is 0.230. The number of carbonyl (C=O) groups excluding carboxylic acids is 1. The molecular weight excluding hydrogens is 540 g/mol. The van der Waals surface area contributed by atoms with Gasteiger partial charge in [0.2, 0.25) is 10.0 Å². The molecular formula is C32H38N2O6S. The van der Waals surface area contributed by atoms with E-state index < -0.39 is 15.3 Å². The lowest BCUT2D eigenvalue weighted by molar-refractivity contribution is -0.00814. The number of anilines is 2. The van der Waals surface area contributed by atoms with Crippen LogP contribution >= 0.6 is 0 Å². The highest BCUT2D eigenvalue weighted by Gasteiger charge is 2.36. The van der Waals surface area contributed by atoms with Gasteiger partial charge in [0.1, 0.15) is 5.75 Å². The van der Waals surface area contributed by atoms with Gasteiger partial charge in [-0.05, 0) is 71.2 Å². The average Bonchev–Trinajstić information content (AvgIpc) is 3.80. The number of nitrogens with one attached hydrogen (secondary N) is 1. The Morgan fingerprint density at radius 2 is 1.68 bits per heavy atom. The molecule has 1 heterocycles. The number of benzene rings is 3. The zero-order valence-electron chi connectivity index (χ0n) is 24.1. The van der Waals surface area contributed by atoms with Gasteiger partial charge >= 0.3 is 0 Å². The standard InChI is InChI=1S/C32H38N2O6S/c1-32(2,3)25-8-5-22(6-9-25)23-7-13-28-24(19-23)15-16-34(31(28)35)26-10-14-30(40-21-39-18-17-38-4)29(20-26)33-41(36,37)27-11-12-27/h5-10,13-14,19-20,27,33H,11-12,15-18,21H2,1-4H3. The van der Waals surface area contributed by atoms with Gasteiger partial charge in [-0.3, -0.25) is 9.52 Å². The minimum absolute atomic E-state index is 0.0574. The number of amides is 1. The summed E-state index contributed by atoms with van der Waals surface area (Å²) < 4.78 is 44.3. The molecule has 1 amide bonds. The van der Waals surface area contributed by atoms with Crippen molar-refractivity contribution in [3.8, 4) is 16.9 Å². The molecule has 1 aliphatic carbocycles. The molecule has 1 aliphatic heterocycles. The van der Waals surface area contributed by atoms with E-state index in [9.17, 15) is 13.2 Å². The zero-order valence-corrected chi connectivity index (χ0v) is 24.9. The third kappa shape index (κ3) is 6.74. The summed E-state index contributed by atoms with van der Waals surface area (Å²) >= 11 is 0. The molecule has 0 spiro atoms. The van der Waals surface area contributed by atoms with Crippen molar-refractivity contribution >= 4 is 27.3 Å². The smallest absolute Gasteiger partial charge is 0.258 e. The second-order valence-corrected chi connectivity index (χ2v) is 13.6. The van der Waals surface area contributed by atoms with E-state index in [1.54, 1.807) is 30.2 Å². The highest BCUT2D eigenvalue weighted by Crippen LogP contribution is 2.37. The molecule has 3 aromatic rings. The minimum Gasteiger partial charge on any atom is -0.465 e. The van der Waals surface area contributed by atoms with Crippen molar-refractivity contribution in [2.45, 2.75) is 50.7 Å². The third-order valence-corrected chi connectivity index (χ3v) is 9.34. The van der Waals surface area contributed by atoms with Gasteiger partial charge in [-0.25, -0.2) is 8.42 Å². The summed E-state index contributed by atoms with van der Waals surface area (Å²) in [7, 11) is -1.97. The van der Waals surface area contributed by atoms with Gasteiger partial charge in [0, 0.05) is 24.9 Å². The van der Waals surface area contributed by atoms with Crippen LogP contribution in [0, 0.1) is 0 Å². The maximum atomic E-state index is 13.6. The first-order chi connectivity index (χ1) is 19.6. The number of methoxy groups -OCH3 is 1. The number of fused-ring (bicyclic) bond motifs is 1. The number of hydrogen-bond acceptors (Lipinski definition) is 6. The topological polar surface area (TPSA) is 94.2 Å². The van der Waals surface area contributed by atoms with Crippen molar-refractivity contribution in [3.05, 3.63) is 77.4 Å². The van der Waals surface area contributed by atoms with Crippen LogP contribution in [0.2, 0.25) is 0 Å². The molecule has 2 aliphatic rings. The van der Waals surface area contributed by atoms with Crippen LogP contribution < -0.4 is 14.4 Å². The molecule has 218 valence electrons. The zero-order chi connectivity index (χ0) is 29.2. The minimum atomic E-state index is -3.55. The summed E-state index contributed by atoms with van der Waals surface area (Å²) in [5, 5.41) is -0.403. The Hall–Kier alpha value is -3.40. The number of nitrogens with zero attached hydrogens (tertiary/aromatic N) is 1. The second-order valence-electron chi connectivity index (χ2n) is 11.6. The van der Waals surface area contributed by atoms with Crippen LogP contribution in [0.25, 0.3) is 11.1 Å². The Morgan fingerprint density at radius 3 is 2.37 bits per heavy atom. The van der Waals surface area contributed by atoms with E-state index in [1.165, 1.54) is 5.56 Å². The van der Waals surface area contributed by atoms with Crippen molar-refractivity contribution in [3.63, 3.8) is 0 Å². The Balaban J connectivity index is 1.36. The van der Waals surface area contributed by atoms with E-state index in [0.29, 0.717) is 56.0 Å². The normalized spacial score (nSPS) is 15.5. The molecule has 0 radical (unpaired) electrons. The van der Waals surface area contributed by atoms with Crippen molar-refractivity contribution in [1.82, 2.24) is 0 Å². The lowest BCUT2D eigenvalue weighted by atomic mass is 9.86. The van der Waals surface area contributed by atoms with E-state index in [-0.39, 0.29) is 23.8 Å². The Morgan fingerprint density at radius 1 is 0.951 bits per heavy atom. The summed E-state index contributed by atoms with van der Waals surface area (Å²) in [5.74, 6) is 0.218. The molecule has 0 saturated heterocycles. The fraction of sp³-hybridized carbons (Fsp3) is 0.406. The van der Waals surface area contributed by atoms with Crippen LogP contribution in [0.15, 0.2) is 60.7 Å². The fourth-order valence-corrected chi connectivity index (χ4v) is 6.28. The van der Waals surface area contributed by atoms with Crippen LogP contribution in [0.5, 0.6) is 5.75 Å². The van der Waals surface area contributed by atoms with Crippen molar-refractivity contribution in [1.29, 1.82) is 0 Å². The fourth-order valence-electron chi connectivity index (χ4n) is 4.89. The largest absolute Gasteiger partial charge is 0.465 e. The summed E-state index contributed by atoms with van der Waals surface area (Å²) in [6.45, 7) is 7.79. The van der Waals surface area contributed by atoms with Crippen LogP contribution in [0.3, 0.4) is 0 Å². The predicted molar refractivity (Wildman–Crippen MR) is 161 cm³/mol. The van der Waals surface area contributed by atoms with Crippen LogP contribution in [-0.4, -0.2) is 53.2 Å². The summed E-state index contributed by atoms with van der Waals surface area (Å²) in [6.07, 6.45) is 1.95. The molecule has 0 atom stereocenters. The van der Waals surface area contributed by atoms with E-state index in [1.807, 2.05) is 12.1 Å². The molecule has 5 rings (SSSR count). The number of ether oxygens (including phenoxy) is 3. The second kappa shape index (κ2) is 11.8. The van der Waals surface area contributed by atoms with Crippen LogP contribution in [0.1, 0.15) is 55.1 Å². The maximum absolute atomic E-state index is 13.6. The van der Waals surface area contributed by atoms with Gasteiger partial charge < -0.3 is 19.1 Å². The summed E-state index contributed by atoms with van der Waals surface area (Å²) in [6, 6.07) is 19.7. The first kappa shape index (κ1) is 29.1. The van der Waals surface area contributed by atoms with Gasteiger partial charge in [0.15, 0.2) is 6.79 Å². The van der Waals surface area contributed by atoms with E-state index in [2.05, 4.69) is 55.8 Å². The molecule has 0 bridgehead atoms. The Kier molecular flexibility index (Phi) is 8.40. The number of rotatable bonds is 11. The van der Waals surface area contributed by atoms with Gasteiger partial charge in [-0.15, -0.1) is 0 Å². The molecule has 9 heteroatoms. The molecule has 1 fully saturated rings. The molecule has 8 nitrogen and oxygen atoms in total. The number of carbonyl (C=O) groups is 1. The molecule has 3 aromatic carbocycles. The lowest BCUT2D eigenvalue weighted by Crippen LogP contribution is -2.37. The van der Waals surface area contributed by atoms with Crippen molar-refractivity contribution in [2.75, 3.05) is 43.3 Å². The SMILES string of the molecule is COCCOCOc1ccc(N2CCc3cc(-c4ccc(C(C)(C)C)cc4)ccc3C2=O)cc1NS(=O)(=O)C1CC1. The number of sulfonamides is 1. The Labute approximate surface area is 242 Å². The van der Waals surface area contributed by atoms with Crippen molar-refractivity contribution in [2.24, 2.45) is 0 Å². The average molecular weight is 579 g/mol. The van der Waals surface area contributed by atoms with Crippen LogP contribution in [-0.2, 0) is 31.3 Å². The lowest BCUT2D eigenvalue weighted by Gasteiger charge is -2.29. The van der Waals surface area contributed by atoms with Gasteiger partial charge in [0.25, 0.3) is 5.91 Å². The van der Waals surface area contributed by atoms with Gasteiger partial charge in [-0.2, -0.15) is 0 Å². The first-order valence-corrected chi connectivity index (χ1v) is 15.5.